The molecule has 82 valence electrons. The molecule has 0 atom stereocenters. The largest absolute Gasteiger partial charge is 0.364 e. The van der Waals surface area contributed by atoms with Gasteiger partial charge in [-0.15, -0.1) is 0 Å². The number of hydrogen-bond donors (Lipinski definition) is 3. The van der Waals surface area contributed by atoms with Gasteiger partial charge in [0.1, 0.15) is 0 Å². The molecule has 0 aliphatic carbocycles. The lowest BCUT2D eigenvalue weighted by molar-refractivity contribution is 1.04. The fourth-order valence-electron chi connectivity index (χ4n) is 0.843. The topological polar surface area (TPSA) is 36.1 Å². The van der Waals surface area contributed by atoms with Gasteiger partial charge in [0.2, 0.25) is 0 Å². The third-order valence-corrected chi connectivity index (χ3v) is 2.66. The molecule has 15 heavy (non-hydrogen) atoms. The van der Waals surface area contributed by atoms with Crippen molar-refractivity contribution in [3.05, 3.63) is 27.2 Å². The lowest BCUT2D eigenvalue weighted by atomic mass is 10.3. The SMILES string of the molecule is CNC(=S)NNc1c(Cl)cc(Cl)cc1Cl. The van der Waals surface area contributed by atoms with Gasteiger partial charge in [0.05, 0.1) is 15.7 Å². The normalized spacial score (nSPS) is 9.60. The number of hydrogen-bond acceptors (Lipinski definition) is 2. The molecule has 3 nitrogen and oxygen atoms in total. The Kier molecular flexibility index (Phi) is 4.73. The Morgan fingerprint density at radius 1 is 1.20 bits per heavy atom. The molecule has 0 fully saturated rings. The Labute approximate surface area is 108 Å². The van der Waals surface area contributed by atoms with Crippen molar-refractivity contribution in [2.45, 2.75) is 0 Å². The van der Waals surface area contributed by atoms with Gasteiger partial charge in [-0.25, -0.2) is 0 Å². The van der Waals surface area contributed by atoms with E-state index in [0.717, 1.165) is 0 Å². The molecule has 1 aromatic carbocycles. The van der Waals surface area contributed by atoms with E-state index in [1.165, 1.54) is 0 Å². The molecule has 0 saturated heterocycles. The minimum Gasteiger partial charge on any atom is -0.364 e. The first-order valence-corrected chi connectivity index (χ1v) is 5.47. The van der Waals surface area contributed by atoms with Gasteiger partial charge >= 0.3 is 0 Å². The van der Waals surface area contributed by atoms with E-state index in [4.69, 9.17) is 47.0 Å². The number of thiocarbonyl (C=S) groups is 1. The molecule has 7 heteroatoms. The van der Waals surface area contributed by atoms with E-state index in [9.17, 15) is 0 Å². The predicted octanol–water partition coefficient (Wildman–Crippen LogP) is 3.07. The molecule has 3 N–H and O–H groups in total. The van der Waals surface area contributed by atoms with Crippen molar-refractivity contribution >= 4 is 57.8 Å². The number of halogens is 3. The van der Waals surface area contributed by atoms with E-state index in [2.05, 4.69) is 16.2 Å². The molecule has 0 radical (unpaired) electrons. The van der Waals surface area contributed by atoms with E-state index >= 15 is 0 Å². The number of anilines is 1. The van der Waals surface area contributed by atoms with Crippen molar-refractivity contribution < 1.29 is 0 Å². The van der Waals surface area contributed by atoms with E-state index in [0.29, 0.717) is 25.9 Å². The summed E-state index contributed by atoms with van der Waals surface area (Å²) in [4.78, 5) is 0. The summed E-state index contributed by atoms with van der Waals surface area (Å²) in [5, 5.41) is 4.47. The summed E-state index contributed by atoms with van der Waals surface area (Å²) in [5.74, 6) is 0. The first kappa shape index (κ1) is 12.6. The molecule has 0 spiro atoms. The quantitative estimate of drug-likeness (QED) is 0.576. The number of rotatable bonds is 2. The maximum atomic E-state index is 5.93. The highest BCUT2D eigenvalue weighted by Gasteiger charge is 2.07. The summed E-state index contributed by atoms with van der Waals surface area (Å²) in [7, 11) is 1.70. The third-order valence-electron chi connectivity index (χ3n) is 1.53. The molecule has 1 aromatic rings. The third kappa shape index (κ3) is 3.57. The van der Waals surface area contributed by atoms with Gasteiger partial charge in [-0.3, -0.25) is 10.9 Å². The van der Waals surface area contributed by atoms with Gasteiger partial charge in [-0.2, -0.15) is 0 Å². The average molecular weight is 285 g/mol. The van der Waals surface area contributed by atoms with Crippen molar-refractivity contribution in [1.29, 1.82) is 0 Å². The highest BCUT2D eigenvalue weighted by molar-refractivity contribution is 7.80. The highest BCUT2D eigenvalue weighted by atomic mass is 35.5. The van der Waals surface area contributed by atoms with Crippen LogP contribution in [0.4, 0.5) is 5.69 Å². The van der Waals surface area contributed by atoms with Crippen LogP contribution in [0.25, 0.3) is 0 Å². The van der Waals surface area contributed by atoms with Crippen molar-refractivity contribution in [2.24, 2.45) is 0 Å². The smallest absolute Gasteiger partial charge is 0.184 e. The zero-order chi connectivity index (χ0) is 11.4. The van der Waals surface area contributed by atoms with Crippen LogP contribution >= 0.6 is 47.0 Å². The van der Waals surface area contributed by atoms with Crippen molar-refractivity contribution in [3.63, 3.8) is 0 Å². The van der Waals surface area contributed by atoms with Crippen LogP contribution < -0.4 is 16.2 Å². The Morgan fingerprint density at radius 2 is 1.73 bits per heavy atom. The number of benzene rings is 1. The van der Waals surface area contributed by atoms with Gasteiger partial charge in [0, 0.05) is 12.1 Å². The van der Waals surface area contributed by atoms with Crippen molar-refractivity contribution in [3.8, 4) is 0 Å². The molecule has 0 unspecified atom stereocenters. The minimum absolute atomic E-state index is 0.416. The van der Waals surface area contributed by atoms with Crippen LogP contribution in [-0.4, -0.2) is 12.2 Å². The molecule has 0 aliphatic heterocycles. The van der Waals surface area contributed by atoms with Crippen LogP contribution in [0.15, 0.2) is 12.1 Å². The van der Waals surface area contributed by atoms with Gasteiger partial charge in [0.15, 0.2) is 5.11 Å². The second kappa shape index (κ2) is 5.61. The summed E-state index contributed by atoms with van der Waals surface area (Å²) in [5.41, 5.74) is 6.02. The van der Waals surface area contributed by atoms with Crippen LogP contribution in [0.5, 0.6) is 0 Å². The van der Waals surface area contributed by atoms with Crippen LogP contribution in [0, 0.1) is 0 Å². The van der Waals surface area contributed by atoms with Crippen LogP contribution in [-0.2, 0) is 0 Å². The van der Waals surface area contributed by atoms with E-state index in [-0.39, 0.29) is 0 Å². The first-order chi connectivity index (χ1) is 7.04. The molecular weight excluding hydrogens is 277 g/mol. The second-order valence-electron chi connectivity index (χ2n) is 2.57. The monoisotopic (exact) mass is 283 g/mol. The van der Waals surface area contributed by atoms with E-state index in [1.54, 1.807) is 19.2 Å². The summed E-state index contributed by atoms with van der Waals surface area (Å²) in [6.07, 6.45) is 0. The maximum absolute atomic E-state index is 5.93. The highest BCUT2D eigenvalue weighted by Crippen LogP contribution is 2.32. The van der Waals surface area contributed by atoms with Gasteiger partial charge in [-0.1, -0.05) is 34.8 Å². The minimum atomic E-state index is 0.416. The molecule has 1 rings (SSSR count). The zero-order valence-electron chi connectivity index (χ0n) is 7.70. The van der Waals surface area contributed by atoms with Crippen LogP contribution in [0.3, 0.4) is 0 Å². The van der Waals surface area contributed by atoms with Crippen molar-refractivity contribution in [1.82, 2.24) is 10.7 Å². The van der Waals surface area contributed by atoms with E-state index < -0.39 is 0 Å². The van der Waals surface area contributed by atoms with Crippen LogP contribution in [0.1, 0.15) is 0 Å². The lowest BCUT2D eigenvalue weighted by Gasteiger charge is -2.13. The standard InChI is InChI=1S/C8H8Cl3N3S/c1-12-8(15)14-13-7-5(10)2-4(9)3-6(7)11/h2-3,13H,1H3,(H2,12,14,15). The van der Waals surface area contributed by atoms with E-state index in [1.807, 2.05) is 0 Å². The Bertz CT molecular complexity index is 360. The Balaban J connectivity index is 2.81. The molecule has 0 aliphatic rings. The maximum Gasteiger partial charge on any atom is 0.184 e. The summed E-state index contributed by atoms with van der Waals surface area (Å²) >= 11 is 22.5. The molecule has 0 heterocycles. The molecule has 0 amide bonds. The molecule has 0 saturated carbocycles. The summed E-state index contributed by atoms with van der Waals surface area (Å²) in [6, 6.07) is 3.17. The van der Waals surface area contributed by atoms with Gasteiger partial charge < -0.3 is 5.32 Å². The van der Waals surface area contributed by atoms with Crippen LogP contribution in [0.2, 0.25) is 15.1 Å². The predicted molar refractivity (Wildman–Crippen MR) is 69.9 cm³/mol. The molecular formula is C8H8Cl3N3S. The fraction of sp³-hybridized carbons (Fsp3) is 0.125. The average Bonchev–Trinajstić information content (AvgIpc) is 2.15. The molecule has 0 bridgehead atoms. The number of nitrogens with one attached hydrogen (secondary N) is 3. The van der Waals surface area contributed by atoms with Crippen molar-refractivity contribution in [2.75, 3.05) is 12.5 Å². The Hall–Kier alpha value is -0.420. The van der Waals surface area contributed by atoms with Gasteiger partial charge in [0.25, 0.3) is 0 Å². The Morgan fingerprint density at radius 3 is 2.20 bits per heavy atom. The first-order valence-electron chi connectivity index (χ1n) is 3.93. The fourth-order valence-corrected chi connectivity index (χ4v) is 1.81. The van der Waals surface area contributed by atoms with Gasteiger partial charge in [-0.05, 0) is 24.4 Å². The number of hydrazine groups is 1. The second-order valence-corrected chi connectivity index (χ2v) is 4.23. The molecule has 0 aromatic heterocycles. The summed E-state index contributed by atoms with van der Waals surface area (Å²) < 4.78 is 0. The summed E-state index contributed by atoms with van der Waals surface area (Å²) in [6.45, 7) is 0. The lowest BCUT2D eigenvalue weighted by Crippen LogP contribution is -2.36. The zero-order valence-corrected chi connectivity index (χ0v) is 10.8.